The Morgan fingerprint density at radius 3 is 2.44 bits per heavy atom. The molecule has 140 valence electrons. The first-order valence-corrected chi connectivity index (χ1v) is 9.86. The van der Waals surface area contributed by atoms with Crippen LogP contribution in [-0.2, 0) is 6.54 Å². The fraction of sp³-hybridized carbons (Fsp3) is 0.391. The lowest BCUT2D eigenvalue weighted by molar-refractivity contribution is 0.183. The van der Waals surface area contributed by atoms with Crippen molar-refractivity contribution in [2.24, 2.45) is 0 Å². The van der Waals surface area contributed by atoms with Crippen LogP contribution in [0.25, 0.3) is 10.9 Å². The summed E-state index contributed by atoms with van der Waals surface area (Å²) >= 11 is 0. The first-order chi connectivity index (χ1) is 13.0. The van der Waals surface area contributed by atoms with Crippen LogP contribution in [-0.4, -0.2) is 20.9 Å². The SMILES string of the molecule is CC(C)c1ccc(CN(C2CC2)[C@@H](C)c2nc3ccccc3c(=O)[nH]2)cc1. The Morgan fingerprint density at radius 2 is 1.78 bits per heavy atom. The zero-order chi connectivity index (χ0) is 19.0. The maximum Gasteiger partial charge on any atom is 0.258 e. The molecule has 1 aliphatic carbocycles. The lowest BCUT2D eigenvalue weighted by Gasteiger charge is -2.28. The zero-order valence-corrected chi connectivity index (χ0v) is 16.3. The van der Waals surface area contributed by atoms with Crippen LogP contribution >= 0.6 is 0 Å². The number of hydrogen-bond acceptors (Lipinski definition) is 3. The summed E-state index contributed by atoms with van der Waals surface area (Å²) in [6.45, 7) is 7.46. The molecule has 4 rings (SSSR count). The lowest BCUT2D eigenvalue weighted by Crippen LogP contribution is -2.31. The quantitative estimate of drug-likeness (QED) is 0.688. The second-order valence-electron chi connectivity index (χ2n) is 7.94. The maximum atomic E-state index is 12.5. The predicted octanol–water partition coefficient (Wildman–Crippen LogP) is 4.77. The molecule has 2 aromatic carbocycles. The number of benzene rings is 2. The van der Waals surface area contributed by atoms with Crippen molar-refractivity contribution in [2.45, 2.75) is 58.2 Å². The van der Waals surface area contributed by atoms with Crippen LogP contribution in [0.15, 0.2) is 53.3 Å². The van der Waals surface area contributed by atoms with Gasteiger partial charge in [-0.05, 0) is 48.9 Å². The van der Waals surface area contributed by atoms with E-state index >= 15 is 0 Å². The van der Waals surface area contributed by atoms with Gasteiger partial charge in [0.2, 0.25) is 0 Å². The Kier molecular flexibility index (Phi) is 4.83. The molecule has 0 radical (unpaired) electrons. The molecule has 0 unspecified atom stereocenters. The van der Waals surface area contributed by atoms with Crippen molar-refractivity contribution < 1.29 is 0 Å². The third kappa shape index (κ3) is 3.81. The fourth-order valence-electron chi connectivity index (χ4n) is 3.67. The van der Waals surface area contributed by atoms with Gasteiger partial charge in [-0.3, -0.25) is 9.69 Å². The molecule has 4 heteroatoms. The molecule has 1 atom stereocenters. The predicted molar refractivity (Wildman–Crippen MR) is 110 cm³/mol. The van der Waals surface area contributed by atoms with Crippen LogP contribution in [0.3, 0.4) is 0 Å². The highest BCUT2D eigenvalue weighted by atomic mass is 16.1. The van der Waals surface area contributed by atoms with Crippen LogP contribution in [0.5, 0.6) is 0 Å². The number of para-hydroxylation sites is 1. The molecular weight excluding hydrogens is 334 g/mol. The van der Waals surface area contributed by atoms with Gasteiger partial charge in [-0.25, -0.2) is 4.98 Å². The number of rotatable bonds is 6. The number of aromatic amines is 1. The third-order valence-corrected chi connectivity index (χ3v) is 5.55. The first-order valence-electron chi connectivity index (χ1n) is 9.86. The minimum absolute atomic E-state index is 0.0560. The Hall–Kier alpha value is -2.46. The maximum absolute atomic E-state index is 12.5. The van der Waals surface area contributed by atoms with Gasteiger partial charge in [0, 0.05) is 12.6 Å². The largest absolute Gasteiger partial charge is 0.309 e. The molecule has 4 nitrogen and oxygen atoms in total. The van der Waals surface area contributed by atoms with E-state index in [2.05, 4.69) is 54.9 Å². The minimum Gasteiger partial charge on any atom is -0.309 e. The van der Waals surface area contributed by atoms with Gasteiger partial charge in [0.15, 0.2) is 0 Å². The summed E-state index contributed by atoms with van der Waals surface area (Å²) in [5.41, 5.74) is 3.38. The van der Waals surface area contributed by atoms with Crippen LogP contribution in [0.4, 0.5) is 0 Å². The van der Waals surface area contributed by atoms with E-state index in [0.717, 1.165) is 17.9 Å². The highest BCUT2D eigenvalue weighted by molar-refractivity contribution is 5.77. The van der Waals surface area contributed by atoms with Crippen molar-refractivity contribution in [1.29, 1.82) is 0 Å². The van der Waals surface area contributed by atoms with Crippen molar-refractivity contribution in [2.75, 3.05) is 0 Å². The second-order valence-corrected chi connectivity index (χ2v) is 7.94. The summed E-state index contributed by atoms with van der Waals surface area (Å²) in [5.74, 6) is 1.30. The highest BCUT2D eigenvalue weighted by Crippen LogP contribution is 2.35. The molecule has 1 heterocycles. The smallest absolute Gasteiger partial charge is 0.258 e. The van der Waals surface area contributed by atoms with E-state index in [1.807, 2.05) is 24.3 Å². The number of fused-ring (bicyclic) bond motifs is 1. The van der Waals surface area contributed by atoms with E-state index in [0.29, 0.717) is 17.3 Å². The van der Waals surface area contributed by atoms with Gasteiger partial charge in [0.1, 0.15) is 5.82 Å². The summed E-state index contributed by atoms with van der Waals surface area (Å²) in [6, 6.07) is 17.1. The molecule has 3 aromatic rings. The summed E-state index contributed by atoms with van der Waals surface area (Å²) < 4.78 is 0. The minimum atomic E-state index is -0.0560. The Labute approximate surface area is 160 Å². The van der Waals surface area contributed by atoms with Crippen molar-refractivity contribution in [3.05, 3.63) is 75.8 Å². The molecular formula is C23H27N3O. The van der Waals surface area contributed by atoms with Crippen LogP contribution in [0.1, 0.15) is 62.5 Å². The highest BCUT2D eigenvalue weighted by Gasteiger charge is 2.33. The molecule has 0 spiro atoms. The normalized spacial score (nSPS) is 15.6. The average molecular weight is 361 g/mol. The molecule has 1 fully saturated rings. The van der Waals surface area contributed by atoms with Crippen molar-refractivity contribution in [3.8, 4) is 0 Å². The van der Waals surface area contributed by atoms with Gasteiger partial charge in [-0.2, -0.15) is 0 Å². The van der Waals surface area contributed by atoms with Crippen LogP contribution < -0.4 is 5.56 Å². The molecule has 1 aliphatic rings. The summed E-state index contributed by atoms with van der Waals surface area (Å²) in [7, 11) is 0. The molecule has 1 aromatic heterocycles. The van der Waals surface area contributed by atoms with Gasteiger partial charge < -0.3 is 4.98 Å². The Morgan fingerprint density at radius 1 is 1.07 bits per heavy atom. The Balaban J connectivity index is 1.61. The monoisotopic (exact) mass is 361 g/mol. The van der Waals surface area contributed by atoms with E-state index in [-0.39, 0.29) is 11.6 Å². The standard InChI is InChI=1S/C23H27N3O/c1-15(2)18-10-8-17(9-11-18)14-26(19-12-13-19)16(3)22-24-21-7-5-4-6-20(21)23(27)25-22/h4-11,15-16,19H,12-14H2,1-3H3,(H,24,25,27)/t16-/m0/s1. The number of H-pyrrole nitrogens is 1. The van der Waals surface area contributed by atoms with Crippen molar-refractivity contribution in [1.82, 2.24) is 14.9 Å². The fourth-order valence-corrected chi connectivity index (χ4v) is 3.67. The van der Waals surface area contributed by atoms with Crippen LogP contribution in [0.2, 0.25) is 0 Å². The molecule has 0 amide bonds. The summed E-state index contributed by atoms with van der Waals surface area (Å²) in [5, 5.41) is 0.649. The van der Waals surface area contributed by atoms with Gasteiger partial charge in [0.05, 0.1) is 16.9 Å². The average Bonchev–Trinajstić information content (AvgIpc) is 3.51. The third-order valence-electron chi connectivity index (χ3n) is 5.55. The summed E-state index contributed by atoms with van der Waals surface area (Å²) in [6.07, 6.45) is 2.43. The lowest BCUT2D eigenvalue weighted by atomic mass is 10.0. The molecule has 1 saturated carbocycles. The first kappa shape index (κ1) is 17.9. The van der Waals surface area contributed by atoms with E-state index < -0.39 is 0 Å². The molecule has 0 aliphatic heterocycles. The van der Waals surface area contributed by atoms with E-state index in [1.165, 1.54) is 24.0 Å². The van der Waals surface area contributed by atoms with Gasteiger partial charge >= 0.3 is 0 Å². The molecule has 0 saturated heterocycles. The second kappa shape index (κ2) is 7.28. The number of nitrogens with zero attached hydrogens (tertiary/aromatic N) is 2. The number of hydrogen-bond donors (Lipinski definition) is 1. The van der Waals surface area contributed by atoms with E-state index in [4.69, 9.17) is 4.98 Å². The Bertz CT molecular complexity index is 986. The van der Waals surface area contributed by atoms with Gasteiger partial charge in [-0.15, -0.1) is 0 Å². The van der Waals surface area contributed by atoms with Crippen LogP contribution in [0, 0.1) is 0 Å². The van der Waals surface area contributed by atoms with E-state index in [1.54, 1.807) is 0 Å². The van der Waals surface area contributed by atoms with Gasteiger partial charge in [-0.1, -0.05) is 50.2 Å². The van der Waals surface area contributed by atoms with Gasteiger partial charge in [0.25, 0.3) is 5.56 Å². The van der Waals surface area contributed by atoms with Crippen molar-refractivity contribution >= 4 is 10.9 Å². The zero-order valence-electron chi connectivity index (χ0n) is 16.3. The summed E-state index contributed by atoms with van der Waals surface area (Å²) in [4.78, 5) is 22.7. The topological polar surface area (TPSA) is 49.0 Å². The number of nitrogens with one attached hydrogen (secondary N) is 1. The molecule has 27 heavy (non-hydrogen) atoms. The van der Waals surface area contributed by atoms with E-state index in [9.17, 15) is 4.79 Å². The van der Waals surface area contributed by atoms with Crippen molar-refractivity contribution in [3.63, 3.8) is 0 Å². The number of aromatic nitrogens is 2. The molecule has 0 bridgehead atoms. The molecule has 1 N–H and O–H groups in total.